The van der Waals surface area contributed by atoms with Gasteiger partial charge in [0.2, 0.25) is 4.96 Å². The molecule has 118 valence electrons. The van der Waals surface area contributed by atoms with E-state index < -0.39 is 0 Å². The summed E-state index contributed by atoms with van der Waals surface area (Å²) in [6.45, 7) is 0. The van der Waals surface area contributed by atoms with E-state index in [0.29, 0.717) is 25.4 Å². The molecule has 2 heterocycles. The molecule has 0 saturated carbocycles. The zero-order chi connectivity index (χ0) is 16.7. The molecule has 0 N–H and O–H groups in total. The maximum atomic E-state index is 12.8. The number of halogens is 2. The first-order valence-corrected chi connectivity index (χ1v) is 8.61. The van der Waals surface area contributed by atoms with Crippen molar-refractivity contribution in [2.24, 2.45) is 0 Å². The molecule has 4 aromatic rings. The van der Waals surface area contributed by atoms with Crippen LogP contribution in [0.4, 0.5) is 0 Å². The summed E-state index contributed by atoms with van der Waals surface area (Å²) in [5.41, 5.74) is 1.41. The Balaban J connectivity index is 1.93. The number of thiazole rings is 1. The van der Waals surface area contributed by atoms with Gasteiger partial charge >= 0.3 is 0 Å². The van der Waals surface area contributed by atoms with Gasteiger partial charge in [0.05, 0.1) is 4.53 Å². The van der Waals surface area contributed by atoms with E-state index in [2.05, 4.69) is 10.2 Å². The van der Waals surface area contributed by atoms with Crippen LogP contribution in [0.15, 0.2) is 53.3 Å². The lowest BCUT2D eigenvalue weighted by molar-refractivity contribution is 1.09. The van der Waals surface area contributed by atoms with Crippen LogP contribution in [-0.2, 0) is 0 Å². The quantitative estimate of drug-likeness (QED) is 0.538. The smallest absolute Gasteiger partial charge is 0.267 e. The molecule has 0 aliphatic rings. The molecule has 0 spiro atoms. The molecule has 0 radical (unpaired) electrons. The molecule has 0 atom stereocenters. The van der Waals surface area contributed by atoms with Gasteiger partial charge in [-0.1, -0.05) is 52.7 Å². The Hall–Kier alpha value is -2.21. The third kappa shape index (κ3) is 2.60. The molecule has 2 aromatic heterocycles. The highest BCUT2D eigenvalue weighted by Gasteiger charge is 2.14. The minimum absolute atomic E-state index is 0.162. The first-order chi connectivity index (χ1) is 11.6. The minimum Gasteiger partial charge on any atom is -0.267 e. The number of aromatic nitrogens is 3. The SMILES string of the molecule is O=c1c(=Cc2ccccc2Cl)sc2nnc(-c3ccc(Cl)cc3)n12. The molecule has 4 nitrogen and oxygen atoms in total. The van der Waals surface area contributed by atoms with Crippen LogP contribution in [0.25, 0.3) is 22.4 Å². The average Bonchev–Trinajstić information content (AvgIpc) is 3.12. The Bertz CT molecular complexity index is 1150. The lowest BCUT2D eigenvalue weighted by Gasteiger charge is -1.97. The van der Waals surface area contributed by atoms with Crippen LogP contribution >= 0.6 is 34.5 Å². The van der Waals surface area contributed by atoms with Crippen molar-refractivity contribution in [3.63, 3.8) is 0 Å². The van der Waals surface area contributed by atoms with Crippen LogP contribution in [-0.4, -0.2) is 14.6 Å². The zero-order valence-electron chi connectivity index (χ0n) is 12.1. The van der Waals surface area contributed by atoms with Crippen LogP contribution in [0.5, 0.6) is 0 Å². The van der Waals surface area contributed by atoms with Crippen LogP contribution in [0, 0.1) is 0 Å². The summed E-state index contributed by atoms with van der Waals surface area (Å²) >= 11 is 13.4. The van der Waals surface area contributed by atoms with Gasteiger partial charge in [0.1, 0.15) is 0 Å². The number of rotatable bonds is 2. The first-order valence-electron chi connectivity index (χ1n) is 7.03. The van der Waals surface area contributed by atoms with E-state index in [9.17, 15) is 4.79 Å². The third-order valence-electron chi connectivity index (χ3n) is 3.54. The summed E-state index contributed by atoms with van der Waals surface area (Å²) in [5.74, 6) is 0.502. The van der Waals surface area contributed by atoms with Gasteiger partial charge in [-0.25, -0.2) is 4.40 Å². The number of fused-ring (bicyclic) bond motifs is 1. The number of benzene rings is 2. The predicted octanol–water partition coefficient (Wildman–Crippen LogP) is 3.67. The molecule has 7 heteroatoms. The largest absolute Gasteiger partial charge is 0.276 e. The van der Waals surface area contributed by atoms with Gasteiger partial charge in [-0.15, -0.1) is 10.2 Å². The Labute approximate surface area is 150 Å². The Morgan fingerprint density at radius 1 is 1.00 bits per heavy atom. The summed E-state index contributed by atoms with van der Waals surface area (Å²) in [6, 6.07) is 14.5. The van der Waals surface area contributed by atoms with Crippen molar-refractivity contribution < 1.29 is 0 Å². The number of hydrogen-bond acceptors (Lipinski definition) is 4. The van der Waals surface area contributed by atoms with Crippen LogP contribution in [0.1, 0.15) is 5.56 Å². The summed E-state index contributed by atoms with van der Waals surface area (Å²) < 4.78 is 2.07. The summed E-state index contributed by atoms with van der Waals surface area (Å²) in [5, 5.41) is 9.45. The lowest BCUT2D eigenvalue weighted by atomic mass is 10.2. The molecule has 0 bridgehead atoms. The maximum absolute atomic E-state index is 12.8. The molecule has 4 rings (SSSR count). The van der Waals surface area contributed by atoms with Gasteiger partial charge < -0.3 is 0 Å². The van der Waals surface area contributed by atoms with Crippen molar-refractivity contribution in [1.29, 1.82) is 0 Å². The molecule has 0 aliphatic heterocycles. The van der Waals surface area contributed by atoms with Crippen LogP contribution in [0.3, 0.4) is 0 Å². The van der Waals surface area contributed by atoms with Crippen molar-refractivity contribution in [2.75, 3.05) is 0 Å². The Morgan fingerprint density at radius 3 is 2.50 bits per heavy atom. The van der Waals surface area contributed by atoms with Gasteiger partial charge in [-0.05, 0) is 42.0 Å². The average molecular weight is 374 g/mol. The van der Waals surface area contributed by atoms with Crippen molar-refractivity contribution in [1.82, 2.24) is 14.6 Å². The van der Waals surface area contributed by atoms with Crippen LogP contribution in [0.2, 0.25) is 10.0 Å². The van der Waals surface area contributed by atoms with Crippen molar-refractivity contribution in [2.45, 2.75) is 0 Å². The molecule has 2 aromatic carbocycles. The van der Waals surface area contributed by atoms with E-state index in [1.807, 2.05) is 30.3 Å². The third-order valence-corrected chi connectivity index (χ3v) is 5.10. The topological polar surface area (TPSA) is 47.3 Å². The maximum Gasteiger partial charge on any atom is 0.276 e. The molecule has 0 aliphatic carbocycles. The lowest BCUT2D eigenvalue weighted by Crippen LogP contribution is -2.23. The molecule has 0 unspecified atom stereocenters. The zero-order valence-corrected chi connectivity index (χ0v) is 14.4. The molecule has 0 saturated heterocycles. The molecular formula is C17H9Cl2N3OS. The standard InChI is InChI=1S/C17H9Cl2N3OS/c18-12-7-5-10(6-8-12)15-20-21-17-22(15)16(23)14(24-17)9-11-3-1-2-4-13(11)19/h1-9H. The molecule has 0 fully saturated rings. The summed E-state index contributed by atoms with van der Waals surface area (Å²) in [7, 11) is 0. The van der Waals surface area contributed by atoms with E-state index in [0.717, 1.165) is 11.1 Å². The fourth-order valence-electron chi connectivity index (χ4n) is 2.38. The highest BCUT2D eigenvalue weighted by molar-refractivity contribution is 7.15. The van der Waals surface area contributed by atoms with E-state index in [1.54, 1.807) is 24.3 Å². The van der Waals surface area contributed by atoms with Gasteiger partial charge in [-0.2, -0.15) is 0 Å². The number of nitrogens with zero attached hydrogens (tertiary/aromatic N) is 3. The monoisotopic (exact) mass is 373 g/mol. The predicted molar refractivity (Wildman–Crippen MR) is 97.8 cm³/mol. The van der Waals surface area contributed by atoms with Gasteiger partial charge in [0.25, 0.3) is 5.56 Å². The molecular weight excluding hydrogens is 365 g/mol. The second kappa shape index (κ2) is 6.02. The second-order valence-electron chi connectivity index (χ2n) is 5.09. The molecule has 0 amide bonds. The van der Waals surface area contributed by atoms with E-state index in [1.165, 1.54) is 15.7 Å². The minimum atomic E-state index is -0.162. The van der Waals surface area contributed by atoms with Gasteiger partial charge in [0, 0.05) is 15.6 Å². The fraction of sp³-hybridized carbons (Fsp3) is 0. The van der Waals surface area contributed by atoms with E-state index in [4.69, 9.17) is 23.2 Å². The first kappa shape index (κ1) is 15.3. The summed E-state index contributed by atoms with van der Waals surface area (Å²) in [6.07, 6.45) is 1.77. The summed E-state index contributed by atoms with van der Waals surface area (Å²) in [4.78, 5) is 13.3. The normalized spacial score (nSPS) is 12.2. The van der Waals surface area contributed by atoms with Gasteiger partial charge in [-0.3, -0.25) is 4.79 Å². The van der Waals surface area contributed by atoms with Gasteiger partial charge in [0.15, 0.2) is 5.82 Å². The van der Waals surface area contributed by atoms with E-state index >= 15 is 0 Å². The van der Waals surface area contributed by atoms with Crippen LogP contribution < -0.4 is 10.1 Å². The second-order valence-corrected chi connectivity index (χ2v) is 6.94. The van der Waals surface area contributed by atoms with Crippen molar-refractivity contribution in [3.8, 4) is 11.4 Å². The fourth-order valence-corrected chi connectivity index (χ4v) is 3.60. The highest BCUT2D eigenvalue weighted by atomic mass is 35.5. The molecule has 24 heavy (non-hydrogen) atoms. The number of hydrogen-bond donors (Lipinski definition) is 0. The van der Waals surface area contributed by atoms with E-state index in [-0.39, 0.29) is 5.56 Å². The Kier molecular flexibility index (Phi) is 3.84. The Morgan fingerprint density at radius 2 is 1.75 bits per heavy atom. The van der Waals surface area contributed by atoms with Crippen molar-refractivity contribution in [3.05, 3.63) is 79.0 Å². The van der Waals surface area contributed by atoms with Crippen molar-refractivity contribution >= 4 is 45.6 Å². The highest BCUT2D eigenvalue weighted by Crippen LogP contribution is 2.20.